The van der Waals surface area contributed by atoms with Gasteiger partial charge >= 0.3 is 0 Å². The van der Waals surface area contributed by atoms with Crippen LogP contribution in [-0.4, -0.2) is 71.4 Å². The fourth-order valence-electron chi connectivity index (χ4n) is 2.97. The van der Waals surface area contributed by atoms with Crippen molar-refractivity contribution in [2.45, 2.75) is 37.3 Å². The fraction of sp³-hybridized carbons (Fsp3) is 0.688. The summed E-state index contributed by atoms with van der Waals surface area (Å²) in [6, 6.07) is 1.67. The number of aliphatic imine (C=N–C) groups is 1. The van der Waals surface area contributed by atoms with Crippen LogP contribution in [0.2, 0.25) is 0 Å². The highest BCUT2D eigenvalue weighted by Gasteiger charge is 2.40. The van der Waals surface area contributed by atoms with Crippen LogP contribution >= 0.6 is 11.3 Å². The lowest BCUT2D eigenvalue weighted by atomic mass is 10.2. The van der Waals surface area contributed by atoms with Crippen molar-refractivity contribution in [3.05, 3.63) is 15.8 Å². The Balaban J connectivity index is 1.91. The van der Waals surface area contributed by atoms with Gasteiger partial charge in [0.05, 0.1) is 15.4 Å². The Bertz CT molecular complexity index is 917. The standard InChI is InChI=1S/C16H28N4O4S3/c1-12-10-14(13(2)25-12)27(23,24)19-7-6-18-15(17-5)20-8-9-26(21,22)16(3,4)11-20/h10,19H,6-9,11H2,1-5H3,(H,17,18). The van der Waals surface area contributed by atoms with E-state index in [9.17, 15) is 16.8 Å². The Morgan fingerprint density at radius 1 is 1.33 bits per heavy atom. The highest BCUT2D eigenvalue weighted by molar-refractivity contribution is 7.92. The molecule has 0 atom stereocenters. The minimum Gasteiger partial charge on any atom is -0.355 e. The molecule has 0 aromatic carbocycles. The van der Waals surface area contributed by atoms with Crippen LogP contribution in [0.3, 0.4) is 0 Å². The third kappa shape index (κ3) is 5.01. The number of nitrogens with one attached hydrogen (secondary N) is 2. The van der Waals surface area contributed by atoms with Crippen molar-refractivity contribution in [2.24, 2.45) is 4.99 Å². The molecular formula is C16H28N4O4S3. The number of nitrogens with zero attached hydrogens (tertiary/aromatic N) is 2. The van der Waals surface area contributed by atoms with E-state index in [4.69, 9.17) is 0 Å². The Morgan fingerprint density at radius 2 is 2.00 bits per heavy atom. The lowest BCUT2D eigenvalue weighted by Crippen LogP contribution is -2.57. The first-order valence-electron chi connectivity index (χ1n) is 8.64. The number of hydrogen-bond donors (Lipinski definition) is 2. The van der Waals surface area contributed by atoms with Gasteiger partial charge in [-0.3, -0.25) is 4.99 Å². The molecule has 1 aliphatic rings. The average Bonchev–Trinajstić information content (AvgIpc) is 2.90. The maximum absolute atomic E-state index is 12.4. The first kappa shape index (κ1) is 22.1. The Hall–Kier alpha value is -1.17. The average molecular weight is 437 g/mol. The summed E-state index contributed by atoms with van der Waals surface area (Å²) in [5, 5.41) is 3.10. The van der Waals surface area contributed by atoms with Gasteiger partial charge in [-0.25, -0.2) is 21.6 Å². The van der Waals surface area contributed by atoms with Crippen molar-refractivity contribution in [3.8, 4) is 0 Å². The number of sulfone groups is 1. The molecule has 11 heteroatoms. The lowest BCUT2D eigenvalue weighted by Gasteiger charge is -2.39. The molecule has 8 nitrogen and oxygen atoms in total. The Morgan fingerprint density at radius 3 is 2.52 bits per heavy atom. The van der Waals surface area contributed by atoms with Gasteiger partial charge in [-0.15, -0.1) is 11.3 Å². The number of sulfonamides is 1. The summed E-state index contributed by atoms with van der Waals surface area (Å²) >= 11 is 1.45. The van der Waals surface area contributed by atoms with Crippen molar-refractivity contribution in [3.63, 3.8) is 0 Å². The molecular weight excluding hydrogens is 408 g/mol. The van der Waals surface area contributed by atoms with E-state index in [0.717, 1.165) is 9.75 Å². The van der Waals surface area contributed by atoms with Crippen LogP contribution in [0.25, 0.3) is 0 Å². The molecule has 2 N–H and O–H groups in total. The van der Waals surface area contributed by atoms with Gasteiger partial charge in [-0.2, -0.15) is 0 Å². The van der Waals surface area contributed by atoms with Crippen LogP contribution in [0.1, 0.15) is 23.6 Å². The predicted molar refractivity (Wildman–Crippen MR) is 110 cm³/mol. The summed E-state index contributed by atoms with van der Waals surface area (Å²) in [5.41, 5.74) is 0. The van der Waals surface area contributed by atoms with Crippen molar-refractivity contribution >= 4 is 37.2 Å². The van der Waals surface area contributed by atoms with E-state index in [1.807, 2.05) is 11.8 Å². The van der Waals surface area contributed by atoms with Crippen molar-refractivity contribution in [1.29, 1.82) is 0 Å². The second kappa shape index (κ2) is 8.06. The normalized spacial score (nSPS) is 19.9. The molecule has 0 bridgehead atoms. The number of aryl methyl sites for hydroxylation is 2. The molecule has 0 unspecified atom stereocenters. The van der Waals surface area contributed by atoms with E-state index in [-0.39, 0.29) is 12.3 Å². The molecule has 0 saturated carbocycles. The molecule has 1 aromatic heterocycles. The van der Waals surface area contributed by atoms with Crippen LogP contribution in [0.15, 0.2) is 16.0 Å². The second-order valence-corrected chi connectivity index (χ2v) is 13.1. The molecule has 1 aliphatic heterocycles. The van der Waals surface area contributed by atoms with Crippen molar-refractivity contribution in [1.82, 2.24) is 14.9 Å². The molecule has 0 aliphatic carbocycles. The summed E-state index contributed by atoms with van der Waals surface area (Å²) in [4.78, 5) is 8.12. The quantitative estimate of drug-likeness (QED) is 0.400. The largest absolute Gasteiger partial charge is 0.355 e. The maximum Gasteiger partial charge on any atom is 0.241 e. The predicted octanol–water partition coefficient (Wildman–Crippen LogP) is 0.728. The van der Waals surface area contributed by atoms with Crippen LogP contribution in [0.5, 0.6) is 0 Å². The van der Waals surface area contributed by atoms with Crippen LogP contribution < -0.4 is 10.0 Å². The molecule has 1 fully saturated rings. The van der Waals surface area contributed by atoms with Gasteiger partial charge in [0.2, 0.25) is 10.0 Å². The first-order valence-corrected chi connectivity index (χ1v) is 12.6. The zero-order valence-corrected chi connectivity index (χ0v) is 18.8. The zero-order valence-electron chi connectivity index (χ0n) is 16.4. The fourth-order valence-corrected chi connectivity index (χ4v) is 6.92. The maximum atomic E-state index is 12.4. The van der Waals surface area contributed by atoms with Gasteiger partial charge in [-0.05, 0) is 33.8 Å². The number of guanidine groups is 1. The number of rotatable bonds is 5. The number of thiophene rings is 1. The summed E-state index contributed by atoms with van der Waals surface area (Å²) < 4.78 is 50.8. The van der Waals surface area contributed by atoms with E-state index in [1.165, 1.54) is 11.3 Å². The zero-order chi connectivity index (χ0) is 20.5. The minimum absolute atomic E-state index is 0.0735. The molecule has 0 amide bonds. The third-order valence-electron chi connectivity index (χ3n) is 4.54. The highest BCUT2D eigenvalue weighted by Crippen LogP contribution is 2.25. The van der Waals surface area contributed by atoms with Gasteiger partial charge in [-0.1, -0.05) is 0 Å². The van der Waals surface area contributed by atoms with Gasteiger partial charge in [0, 0.05) is 43.0 Å². The topological polar surface area (TPSA) is 108 Å². The van der Waals surface area contributed by atoms with Crippen molar-refractivity contribution < 1.29 is 16.8 Å². The highest BCUT2D eigenvalue weighted by atomic mass is 32.2. The Kier molecular flexibility index (Phi) is 6.60. The molecule has 2 heterocycles. The number of hydrogen-bond acceptors (Lipinski definition) is 6. The Labute approximate surface area is 166 Å². The van der Waals surface area contributed by atoms with Gasteiger partial charge in [0.1, 0.15) is 0 Å². The van der Waals surface area contributed by atoms with Gasteiger partial charge in [0.15, 0.2) is 15.8 Å². The van der Waals surface area contributed by atoms with E-state index in [2.05, 4.69) is 15.0 Å². The molecule has 1 saturated heterocycles. The van der Waals surface area contributed by atoms with E-state index in [1.54, 1.807) is 33.9 Å². The molecule has 1 aromatic rings. The van der Waals surface area contributed by atoms with Crippen molar-refractivity contribution in [2.75, 3.05) is 39.0 Å². The molecule has 2 rings (SSSR count). The summed E-state index contributed by atoms with van der Waals surface area (Å²) in [6.45, 7) is 8.34. The minimum atomic E-state index is -3.55. The molecule has 0 spiro atoms. The molecule has 27 heavy (non-hydrogen) atoms. The lowest BCUT2D eigenvalue weighted by molar-refractivity contribution is 0.353. The van der Waals surface area contributed by atoms with Crippen LogP contribution in [0.4, 0.5) is 0 Å². The van der Waals surface area contributed by atoms with Gasteiger partial charge in [0.25, 0.3) is 0 Å². The molecule has 0 radical (unpaired) electrons. The second-order valence-electron chi connectivity index (χ2n) is 7.15. The summed E-state index contributed by atoms with van der Waals surface area (Å²) in [7, 11) is -5.05. The SMILES string of the molecule is CN=C(NCCNS(=O)(=O)c1cc(C)sc1C)N1CCS(=O)(=O)C(C)(C)C1. The first-order chi connectivity index (χ1) is 12.4. The van der Waals surface area contributed by atoms with Gasteiger partial charge < -0.3 is 10.2 Å². The summed E-state index contributed by atoms with van der Waals surface area (Å²) in [5.74, 6) is 0.643. The third-order valence-corrected chi connectivity index (χ3v) is 9.76. The van der Waals surface area contributed by atoms with E-state index < -0.39 is 24.6 Å². The summed E-state index contributed by atoms with van der Waals surface area (Å²) in [6.07, 6.45) is 0. The van der Waals surface area contributed by atoms with Crippen LogP contribution in [-0.2, 0) is 19.9 Å². The van der Waals surface area contributed by atoms with E-state index in [0.29, 0.717) is 30.5 Å². The molecule has 154 valence electrons. The smallest absolute Gasteiger partial charge is 0.241 e. The van der Waals surface area contributed by atoms with E-state index >= 15 is 0 Å². The monoisotopic (exact) mass is 436 g/mol. The van der Waals surface area contributed by atoms with Crippen LogP contribution in [0, 0.1) is 13.8 Å².